The first kappa shape index (κ1) is 25.0. The van der Waals surface area contributed by atoms with Crippen molar-refractivity contribution in [3.05, 3.63) is 12.2 Å². The Bertz CT molecular complexity index is 397. The van der Waals surface area contributed by atoms with E-state index in [-0.39, 0.29) is 10.9 Å². The van der Waals surface area contributed by atoms with Crippen LogP contribution in [-0.4, -0.2) is 28.4 Å². The van der Waals surface area contributed by atoms with Crippen LogP contribution >= 0.6 is 44.4 Å². The van der Waals surface area contributed by atoms with Gasteiger partial charge >= 0.3 is 0 Å². The number of aldehydes is 1. The number of allylic oxidation sites excluding steroid dienone is 1. The Hall–Kier alpha value is 0.970. The first-order valence-corrected chi connectivity index (χ1v) is 15.0. The SMILES string of the molecule is CCCCCC/C=C/C1[C@@H](CC(O)C(Br)CCCC=O)CC[C@H]1OPI. The molecular weight excluding hydrogens is 526 g/mol. The number of carbonyl (C=O) groups excluding carboxylic acids is 1. The second kappa shape index (κ2) is 15.8. The summed E-state index contributed by atoms with van der Waals surface area (Å²) in [4.78, 5) is 10.5. The molecule has 26 heavy (non-hydrogen) atoms. The van der Waals surface area contributed by atoms with E-state index in [1.807, 2.05) is 0 Å². The van der Waals surface area contributed by atoms with Crippen LogP contribution in [0.3, 0.4) is 0 Å². The summed E-state index contributed by atoms with van der Waals surface area (Å²) < 4.78 is 5.99. The van der Waals surface area contributed by atoms with E-state index in [1.54, 1.807) is 0 Å². The molecule has 0 radical (unpaired) electrons. The summed E-state index contributed by atoms with van der Waals surface area (Å²) in [6.45, 7) is 2.74. The molecular formula is C20H35BrIO3P. The van der Waals surface area contributed by atoms with Gasteiger partial charge < -0.3 is 14.4 Å². The minimum absolute atomic E-state index is 0.0764. The lowest BCUT2D eigenvalue weighted by Gasteiger charge is -2.25. The molecule has 152 valence electrons. The average molecular weight is 561 g/mol. The fourth-order valence-corrected chi connectivity index (χ4v) is 5.72. The van der Waals surface area contributed by atoms with Crippen molar-refractivity contribution >= 4 is 50.7 Å². The van der Waals surface area contributed by atoms with Crippen molar-refractivity contribution in [3.63, 3.8) is 0 Å². The number of unbranched alkanes of at least 4 members (excludes halogenated alkanes) is 5. The third-order valence-electron chi connectivity index (χ3n) is 5.34. The zero-order chi connectivity index (χ0) is 19.2. The minimum Gasteiger partial charge on any atom is -0.392 e. The summed E-state index contributed by atoms with van der Waals surface area (Å²) in [5.41, 5.74) is 0. The van der Waals surface area contributed by atoms with Crippen molar-refractivity contribution in [2.24, 2.45) is 11.8 Å². The number of aliphatic hydroxyl groups excluding tert-OH is 1. The maximum absolute atomic E-state index is 10.6. The van der Waals surface area contributed by atoms with Crippen LogP contribution in [0, 0.1) is 11.8 Å². The number of hydrogen-bond acceptors (Lipinski definition) is 3. The predicted octanol–water partition coefficient (Wildman–Crippen LogP) is 6.75. The third kappa shape index (κ3) is 9.95. The lowest BCUT2D eigenvalue weighted by Crippen LogP contribution is -2.27. The Labute approximate surface area is 183 Å². The lowest BCUT2D eigenvalue weighted by molar-refractivity contribution is -0.107. The van der Waals surface area contributed by atoms with E-state index in [0.717, 1.165) is 44.8 Å². The molecule has 1 aliphatic carbocycles. The van der Waals surface area contributed by atoms with Crippen LogP contribution in [0.1, 0.15) is 77.6 Å². The highest BCUT2D eigenvalue weighted by atomic mass is 127. The minimum atomic E-state index is -0.354. The number of aliphatic hydroxyl groups is 1. The molecule has 0 saturated heterocycles. The van der Waals surface area contributed by atoms with Crippen molar-refractivity contribution in [2.75, 3.05) is 0 Å². The van der Waals surface area contributed by atoms with E-state index in [9.17, 15) is 9.90 Å². The van der Waals surface area contributed by atoms with Gasteiger partial charge in [-0.15, -0.1) is 0 Å². The standard InChI is InChI=1S/C20H35BrIO3P/c1-2-3-4-5-6-7-10-17-16(12-13-20(17)25-26-22)15-19(24)18(21)11-8-9-14-23/h7,10,14,16-20,24,26H,2-6,8-9,11-13,15H2,1H3/b10-7+/t16-,17?,18?,19?,20-/m1/s1. The zero-order valence-electron chi connectivity index (χ0n) is 15.9. The van der Waals surface area contributed by atoms with Crippen LogP contribution in [0.25, 0.3) is 0 Å². The Morgan fingerprint density at radius 3 is 2.77 bits per heavy atom. The van der Waals surface area contributed by atoms with E-state index >= 15 is 0 Å². The molecule has 0 heterocycles. The molecule has 0 aromatic heterocycles. The second-order valence-corrected chi connectivity index (χ2v) is 10.2. The normalized spacial score (nSPS) is 26.1. The fourth-order valence-electron chi connectivity index (χ4n) is 3.81. The molecule has 0 aromatic carbocycles. The van der Waals surface area contributed by atoms with Crippen molar-refractivity contribution in [2.45, 2.75) is 94.6 Å². The molecule has 6 atom stereocenters. The predicted molar refractivity (Wildman–Crippen MR) is 125 cm³/mol. The highest BCUT2D eigenvalue weighted by molar-refractivity contribution is 14.2. The van der Waals surface area contributed by atoms with E-state index in [4.69, 9.17) is 4.52 Å². The summed E-state index contributed by atoms with van der Waals surface area (Å²) in [5, 5.41) is 10.6. The molecule has 1 rings (SSSR count). The smallest absolute Gasteiger partial charge is 0.119 e. The highest BCUT2D eigenvalue weighted by Gasteiger charge is 2.36. The van der Waals surface area contributed by atoms with Gasteiger partial charge in [-0.2, -0.15) is 0 Å². The molecule has 0 bridgehead atoms. The number of rotatable bonds is 15. The van der Waals surface area contributed by atoms with Crippen LogP contribution in [0.5, 0.6) is 0 Å². The summed E-state index contributed by atoms with van der Waals surface area (Å²) in [7, 11) is 0. The van der Waals surface area contributed by atoms with Gasteiger partial charge in [0.2, 0.25) is 0 Å². The monoisotopic (exact) mass is 560 g/mol. The van der Waals surface area contributed by atoms with Crippen LogP contribution in [0.15, 0.2) is 12.2 Å². The first-order chi connectivity index (χ1) is 12.6. The van der Waals surface area contributed by atoms with E-state index in [2.05, 4.69) is 57.0 Å². The second-order valence-electron chi connectivity index (χ2n) is 7.34. The van der Waals surface area contributed by atoms with Gasteiger partial charge in [0.15, 0.2) is 0 Å². The topological polar surface area (TPSA) is 46.5 Å². The summed E-state index contributed by atoms with van der Waals surface area (Å²) in [6.07, 6.45) is 17.2. The molecule has 0 aromatic rings. The van der Waals surface area contributed by atoms with E-state index in [0.29, 0.717) is 30.8 Å². The van der Waals surface area contributed by atoms with Gasteiger partial charge in [0, 0.05) is 17.2 Å². The lowest BCUT2D eigenvalue weighted by atomic mass is 9.88. The first-order valence-electron chi connectivity index (χ1n) is 10.1. The van der Waals surface area contributed by atoms with Gasteiger partial charge in [0.25, 0.3) is 0 Å². The summed E-state index contributed by atoms with van der Waals surface area (Å²) in [6, 6.07) is 0. The quantitative estimate of drug-likeness (QED) is 0.0601. The summed E-state index contributed by atoms with van der Waals surface area (Å²) >= 11 is 5.92. The third-order valence-corrected chi connectivity index (χ3v) is 7.56. The van der Waals surface area contributed by atoms with Crippen molar-refractivity contribution in [1.82, 2.24) is 0 Å². The molecule has 1 fully saturated rings. The molecule has 1 N–H and O–H groups in total. The van der Waals surface area contributed by atoms with Crippen LogP contribution in [-0.2, 0) is 9.32 Å². The largest absolute Gasteiger partial charge is 0.392 e. The summed E-state index contributed by atoms with van der Waals surface area (Å²) in [5.74, 6) is 0.911. The van der Waals surface area contributed by atoms with Gasteiger partial charge in [-0.3, -0.25) is 0 Å². The van der Waals surface area contributed by atoms with Crippen molar-refractivity contribution in [3.8, 4) is 0 Å². The van der Waals surface area contributed by atoms with Crippen LogP contribution in [0.2, 0.25) is 0 Å². The number of hydrogen-bond donors (Lipinski definition) is 1. The van der Waals surface area contributed by atoms with E-state index < -0.39 is 0 Å². The zero-order valence-corrected chi connectivity index (χ0v) is 20.7. The molecule has 4 unspecified atom stereocenters. The maximum atomic E-state index is 10.6. The van der Waals surface area contributed by atoms with Gasteiger partial charge in [0.05, 0.1) is 18.7 Å². The Balaban J connectivity index is 2.51. The average Bonchev–Trinajstić information content (AvgIpc) is 3.00. The van der Waals surface area contributed by atoms with Gasteiger partial charge in [-0.05, 0) is 72.9 Å². The number of alkyl halides is 1. The van der Waals surface area contributed by atoms with E-state index in [1.165, 1.54) is 25.7 Å². The van der Waals surface area contributed by atoms with Crippen molar-refractivity contribution < 1.29 is 14.4 Å². The molecule has 3 nitrogen and oxygen atoms in total. The van der Waals surface area contributed by atoms with Crippen LogP contribution < -0.4 is 0 Å². The molecule has 0 aliphatic heterocycles. The maximum Gasteiger partial charge on any atom is 0.119 e. The molecule has 6 heteroatoms. The Morgan fingerprint density at radius 1 is 1.27 bits per heavy atom. The molecule has 1 aliphatic rings. The molecule has 0 amide bonds. The van der Waals surface area contributed by atoms with Gasteiger partial charge in [-0.25, -0.2) is 0 Å². The van der Waals surface area contributed by atoms with Crippen molar-refractivity contribution in [1.29, 1.82) is 0 Å². The number of halogens is 2. The van der Waals surface area contributed by atoms with Gasteiger partial charge in [0.1, 0.15) is 6.29 Å². The van der Waals surface area contributed by atoms with Crippen LogP contribution in [0.4, 0.5) is 0 Å². The molecule has 1 saturated carbocycles. The number of carbonyl (C=O) groups is 1. The Kier molecular flexibility index (Phi) is 15.2. The highest BCUT2D eigenvalue weighted by Crippen LogP contribution is 2.42. The molecule has 0 spiro atoms. The fraction of sp³-hybridized carbons (Fsp3) is 0.850. The van der Waals surface area contributed by atoms with Gasteiger partial charge in [-0.1, -0.05) is 54.3 Å². The Morgan fingerprint density at radius 2 is 2.08 bits per heavy atom.